The number of hydrogen-bond donors (Lipinski definition) is 0. The highest BCUT2D eigenvalue weighted by Gasteiger charge is 2.39. The first kappa shape index (κ1) is 39.4. The maximum atomic E-state index is 2.42. The summed E-state index contributed by atoms with van der Waals surface area (Å²) in [5.74, 6) is 0. The normalized spacial score (nSPS) is 12.8. The fourth-order valence-electron chi connectivity index (χ4n) is 11.0. The predicted octanol–water partition coefficient (Wildman–Crippen LogP) is 16.6. The summed E-state index contributed by atoms with van der Waals surface area (Å²) in [6.07, 6.45) is 0. The molecule has 0 atom stereocenters. The van der Waals surface area contributed by atoms with Gasteiger partial charge in [0.25, 0.3) is 0 Å². The summed E-state index contributed by atoms with van der Waals surface area (Å²) in [4.78, 5) is 2.42. The molecule has 2 nitrogen and oxygen atoms in total. The first-order chi connectivity index (χ1) is 32.5. The van der Waals surface area contributed by atoms with E-state index in [4.69, 9.17) is 0 Å². The number of para-hydroxylation sites is 2. The molecule has 0 aliphatic heterocycles. The lowest BCUT2D eigenvalue weighted by Gasteiger charge is -2.37. The zero-order valence-electron chi connectivity index (χ0n) is 37.1. The van der Waals surface area contributed by atoms with E-state index < -0.39 is 5.41 Å². The van der Waals surface area contributed by atoms with Crippen molar-refractivity contribution >= 4 is 38.9 Å². The monoisotopic (exact) mass is 844 g/mol. The molecular formula is C64H48N2. The van der Waals surface area contributed by atoms with Crippen molar-refractivity contribution in [2.45, 2.75) is 24.7 Å². The van der Waals surface area contributed by atoms with Gasteiger partial charge in [0.15, 0.2) is 0 Å². The third kappa shape index (κ3) is 6.25. The molecule has 1 aliphatic carbocycles. The Morgan fingerprint density at radius 2 is 0.818 bits per heavy atom. The maximum Gasteiger partial charge on any atom is 0.0701 e. The highest BCUT2D eigenvalue weighted by molar-refractivity contribution is 6.10. The van der Waals surface area contributed by atoms with Crippen LogP contribution in [0.4, 0.5) is 17.1 Å². The maximum absolute atomic E-state index is 2.42. The van der Waals surface area contributed by atoms with E-state index in [0.29, 0.717) is 0 Å². The number of anilines is 3. The summed E-state index contributed by atoms with van der Waals surface area (Å²) in [6.45, 7) is 4.70. The fraction of sp³-hybridized carbons (Fsp3) is 0.0625. The van der Waals surface area contributed by atoms with Crippen molar-refractivity contribution in [3.63, 3.8) is 0 Å². The SMILES string of the molecule is CC1(C)c2ccccc2-c2cc(N(c3ccc(-c4ccc5c(c4)c4ccccc4n5-c4ccccc4)cc3)c3ccc(C(c4ccccc4)(c4ccccc4)c4ccccc4)cc3)ccc21. The second-order valence-corrected chi connectivity index (χ2v) is 18.1. The Morgan fingerprint density at radius 1 is 0.348 bits per heavy atom. The molecular weight excluding hydrogens is 797 g/mol. The van der Waals surface area contributed by atoms with E-state index in [9.17, 15) is 0 Å². The van der Waals surface area contributed by atoms with Gasteiger partial charge in [0.2, 0.25) is 0 Å². The van der Waals surface area contributed by atoms with Gasteiger partial charge >= 0.3 is 0 Å². The topological polar surface area (TPSA) is 8.17 Å². The second kappa shape index (κ2) is 15.8. The molecule has 1 aliphatic rings. The van der Waals surface area contributed by atoms with E-state index in [1.165, 1.54) is 83.1 Å². The molecule has 11 aromatic rings. The molecule has 0 radical (unpaired) electrons. The molecule has 0 unspecified atom stereocenters. The van der Waals surface area contributed by atoms with Gasteiger partial charge in [-0.15, -0.1) is 0 Å². The highest BCUT2D eigenvalue weighted by atomic mass is 15.1. The van der Waals surface area contributed by atoms with Gasteiger partial charge in [0.1, 0.15) is 0 Å². The fourth-order valence-corrected chi connectivity index (χ4v) is 11.0. The molecule has 1 aromatic heterocycles. The average Bonchev–Trinajstić information content (AvgIpc) is 3.83. The lowest BCUT2D eigenvalue weighted by molar-refractivity contribution is 0.660. The van der Waals surface area contributed by atoms with Crippen molar-refractivity contribution in [1.29, 1.82) is 0 Å². The molecule has 0 amide bonds. The first-order valence-corrected chi connectivity index (χ1v) is 23.0. The van der Waals surface area contributed by atoms with Gasteiger partial charge in [0.05, 0.1) is 16.4 Å². The van der Waals surface area contributed by atoms with Crippen LogP contribution in [0.25, 0.3) is 49.7 Å². The Labute approximate surface area is 387 Å². The Hall–Kier alpha value is -8.20. The largest absolute Gasteiger partial charge is 0.310 e. The molecule has 0 bridgehead atoms. The Bertz CT molecular complexity index is 3420. The molecule has 0 spiro atoms. The van der Waals surface area contributed by atoms with Crippen LogP contribution in [0.15, 0.2) is 255 Å². The second-order valence-electron chi connectivity index (χ2n) is 18.1. The van der Waals surface area contributed by atoms with Gasteiger partial charge in [-0.25, -0.2) is 0 Å². The Kier molecular flexibility index (Phi) is 9.43. The van der Waals surface area contributed by atoms with Crippen LogP contribution in [0, 0.1) is 0 Å². The van der Waals surface area contributed by atoms with Crippen molar-refractivity contribution < 1.29 is 0 Å². The van der Waals surface area contributed by atoms with Gasteiger partial charge in [-0.1, -0.05) is 202 Å². The van der Waals surface area contributed by atoms with Crippen LogP contribution in [-0.4, -0.2) is 4.57 Å². The van der Waals surface area contributed by atoms with Gasteiger partial charge in [-0.2, -0.15) is 0 Å². The van der Waals surface area contributed by atoms with Crippen LogP contribution in [0.2, 0.25) is 0 Å². The van der Waals surface area contributed by atoms with Gasteiger partial charge in [-0.3, -0.25) is 0 Å². The minimum Gasteiger partial charge on any atom is -0.310 e. The number of fused-ring (bicyclic) bond motifs is 6. The molecule has 0 saturated carbocycles. The summed E-state index contributed by atoms with van der Waals surface area (Å²) in [7, 11) is 0. The number of rotatable bonds is 9. The number of benzene rings is 10. The van der Waals surface area contributed by atoms with Crippen molar-refractivity contribution in [3.8, 4) is 27.9 Å². The molecule has 0 N–H and O–H groups in total. The molecule has 0 saturated heterocycles. The molecule has 314 valence electrons. The molecule has 2 heteroatoms. The number of hydrogen-bond acceptors (Lipinski definition) is 1. The predicted molar refractivity (Wildman–Crippen MR) is 277 cm³/mol. The summed E-state index contributed by atoms with van der Waals surface area (Å²) in [6, 6.07) is 93.6. The number of aromatic nitrogens is 1. The van der Waals surface area contributed by atoms with Crippen LogP contribution in [0.5, 0.6) is 0 Å². The van der Waals surface area contributed by atoms with Crippen molar-refractivity contribution in [2.24, 2.45) is 0 Å². The lowest BCUT2D eigenvalue weighted by Crippen LogP contribution is -2.31. The smallest absolute Gasteiger partial charge is 0.0701 e. The van der Waals surface area contributed by atoms with Crippen molar-refractivity contribution in [2.75, 3.05) is 4.90 Å². The third-order valence-electron chi connectivity index (χ3n) is 14.2. The van der Waals surface area contributed by atoms with Gasteiger partial charge < -0.3 is 9.47 Å². The number of nitrogens with zero attached hydrogens (tertiary/aromatic N) is 2. The molecule has 66 heavy (non-hydrogen) atoms. The average molecular weight is 845 g/mol. The van der Waals surface area contributed by atoms with Crippen LogP contribution in [0.3, 0.4) is 0 Å². The van der Waals surface area contributed by atoms with Crippen molar-refractivity contribution in [3.05, 3.63) is 288 Å². The van der Waals surface area contributed by atoms with E-state index in [0.717, 1.165) is 17.1 Å². The molecule has 12 rings (SSSR count). The summed E-state index contributed by atoms with van der Waals surface area (Å²) in [5.41, 5.74) is 18.9. The lowest BCUT2D eigenvalue weighted by atomic mass is 9.65. The Balaban J connectivity index is 1.00. The minimum absolute atomic E-state index is 0.0806. The van der Waals surface area contributed by atoms with Crippen LogP contribution >= 0.6 is 0 Å². The van der Waals surface area contributed by atoms with E-state index in [1.54, 1.807) is 0 Å². The summed E-state index contributed by atoms with van der Waals surface area (Å²) >= 11 is 0. The van der Waals surface area contributed by atoms with Crippen LogP contribution < -0.4 is 4.90 Å². The van der Waals surface area contributed by atoms with E-state index in [-0.39, 0.29) is 5.41 Å². The minimum atomic E-state index is -0.536. The van der Waals surface area contributed by atoms with E-state index in [1.807, 2.05) is 0 Å². The van der Waals surface area contributed by atoms with Gasteiger partial charge in [-0.05, 0) is 122 Å². The molecule has 0 fully saturated rings. The van der Waals surface area contributed by atoms with Crippen LogP contribution in [-0.2, 0) is 10.8 Å². The molecule has 1 heterocycles. The quantitative estimate of drug-likeness (QED) is 0.131. The summed E-state index contributed by atoms with van der Waals surface area (Å²) in [5, 5.41) is 2.50. The van der Waals surface area contributed by atoms with Crippen molar-refractivity contribution in [1.82, 2.24) is 4.57 Å². The van der Waals surface area contributed by atoms with E-state index in [2.05, 4.69) is 278 Å². The summed E-state index contributed by atoms with van der Waals surface area (Å²) < 4.78 is 2.38. The standard InChI is InChI=1S/C64H48N2/c1-63(2)59-29-17-15-27-55(59)57-44-54(40-41-60(57)63)65(53-38-34-50(35-39-53)64(47-19-7-3-8-20-47,48-21-9-4-10-22-48)49-23-11-5-12-24-49)52-36-31-45(32-37-52)46-33-42-62-58(43-46)56-28-16-18-30-61(56)66(62)51-25-13-6-14-26-51/h3-44H,1-2H3. The zero-order valence-corrected chi connectivity index (χ0v) is 37.1. The first-order valence-electron chi connectivity index (χ1n) is 23.0. The third-order valence-corrected chi connectivity index (χ3v) is 14.2. The van der Waals surface area contributed by atoms with Crippen LogP contribution in [0.1, 0.15) is 47.2 Å². The van der Waals surface area contributed by atoms with Gasteiger partial charge in [0, 0.05) is 38.9 Å². The highest BCUT2D eigenvalue weighted by Crippen LogP contribution is 2.51. The molecule has 10 aromatic carbocycles. The van der Waals surface area contributed by atoms with E-state index >= 15 is 0 Å². The zero-order chi connectivity index (χ0) is 44.2. The Morgan fingerprint density at radius 3 is 1.45 bits per heavy atom.